The minimum atomic E-state index is -1.69. The Hall–Kier alpha value is 0.198. The van der Waals surface area contributed by atoms with Crippen LogP contribution in [0.2, 0.25) is 118 Å². The summed E-state index contributed by atoms with van der Waals surface area (Å²) in [6.45, 7) is 46.2. The molecule has 2 aromatic carbocycles. The van der Waals surface area contributed by atoms with Crippen molar-refractivity contribution in [3.05, 3.63) is 83.2 Å². The van der Waals surface area contributed by atoms with Gasteiger partial charge >= 0.3 is 284 Å². The van der Waals surface area contributed by atoms with E-state index in [1.54, 1.807) is 8.81 Å². The average Bonchev–Trinajstić information content (AvgIpc) is 2.79. The Morgan fingerprint density at radius 3 is 0.767 bits per heavy atom. The van der Waals surface area contributed by atoms with Crippen molar-refractivity contribution in [3.8, 4) is 0 Å². The first-order valence-corrected chi connectivity index (χ1v) is 49.7. The molecule has 0 saturated heterocycles. The molecule has 2 radical (unpaired) electrons. The molecule has 0 amide bonds. The first kappa shape index (κ1) is 39.4. The summed E-state index contributed by atoms with van der Waals surface area (Å²) in [5.41, 5.74) is 9.34. The zero-order valence-electron chi connectivity index (χ0n) is 31.4. The van der Waals surface area contributed by atoms with Gasteiger partial charge in [-0.1, -0.05) is 0 Å². The van der Waals surface area contributed by atoms with Crippen molar-refractivity contribution in [2.75, 3.05) is 0 Å². The van der Waals surface area contributed by atoms with Crippen molar-refractivity contribution < 1.29 is 0 Å². The second-order valence-corrected chi connectivity index (χ2v) is 103. The first-order chi connectivity index (χ1) is 19.1. The molecule has 0 bridgehead atoms. The fraction of sp³-hybridized carbons (Fsp3) is 0.529. The third kappa shape index (κ3) is 8.02. The summed E-state index contributed by atoms with van der Waals surface area (Å²) in [5.74, 6) is 0. The predicted molar refractivity (Wildman–Crippen MR) is 226 cm³/mol. The summed E-state index contributed by atoms with van der Waals surface area (Å²) >= 11 is -0.558. The molecule has 0 fully saturated rings. The van der Waals surface area contributed by atoms with Gasteiger partial charge in [0.15, 0.2) is 0 Å². The van der Waals surface area contributed by atoms with Crippen LogP contribution in [0.15, 0.2) is 72.1 Å². The van der Waals surface area contributed by atoms with Crippen molar-refractivity contribution in [3.63, 3.8) is 0 Å². The fourth-order valence-corrected chi connectivity index (χ4v) is 211. The molecule has 0 unspecified atom stereocenters. The zero-order valence-corrected chi connectivity index (χ0v) is 41.5. The Balaban J connectivity index is 3.19. The molecule has 0 atom stereocenters. The van der Waals surface area contributed by atoms with Gasteiger partial charge in [-0.05, 0) is 0 Å². The normalized spacial score (nSPS) is 15.6. The van der Waals surface area contributed by atoms with Gasteiger partial charge in [0.2, 0.25) is 0 Å². The van der Waals surface area contributed by atoms with Gasteiger partial charge in [0, 0.05) is 0 Å². The van der Waals surface area contributed by atoms with Gasteiger partial charge in [0.25, 0.3) is 0 Å². The Labute approximate surface area is 282 Å². The number of rotatable bonds is 12. The van der Waals surface area contributed by atoms with E-state index in [0.29, 0.717) is 0 Å². The fourth-order valence-electron chi connectivity index (χ4n) is 10.2. The van der Waals surface area contributed by atoms with Crippen LogP contribution in [0.5, 0.6) is 0 Å². The monoisotopic (exact) mass is 772 g/mol. The van der Waals surface area contributed by atoms with Crippen LogP contribution in [-0.2, 0) is 0 Å². The van der Waals surface area contributed by atoms with Gasteiger partial charge in [0.05, 0.1) is 0 Å². The summed E-state index contributed by atoms with van der Waals surface area (Å²) < 4.78 is 3.55. The zero-order chi connectivity index (χ0) is 33.5. The molecule has 0 aliphatic heterocycles. The molecule has 0 saturated carbocycles. The molecule has 43 heavy (non-hydrogen) atoms. The summed E-state index contributed by atoms with van der Waals surface area (Å²) in [6, 6.07) is 23.4. The summed E-state index contributed by atoms with van der Waals surface area (Å²) in [4.78, 5) is 0. The van der Waals surface area contributed by atoms with Crippen LogP contribution in [0.3, 0.4) is 0 Å². The Morgan fingerprint density at radius 2 is 0.581 bits per heavy atom. The average molecular weight is 772 g/mol. The van der Waals surface area contributed by atoms with Crippen LogP contribution < -0.4 is 0 Å². The minimum absolute atomic E-state index is 0.558. The molecular formula is C34H66GeSi8. The third-order valence-electron chi connectivity index (χ3n) is 10.3. The quantitative estimate of drug-likeness (QED) is 0.189. The molecule has 0 aliphatic rings. The molecule has 0 heterocycles. The van der Waals surface area contributed by atoms with E-state index in [1.807, 2.05) is 0 Å². The second-order valence-electron chi connectivity index (χ2n) is 19.1. The summed E-state index contributed by atoms with van der Waals surface area (Å²) in [5, 5.41) is 0. The van der Waals surface area contributed by atoms with Gasteiger partial charge < -0.3 is 0 Å². The molecule has 0 aromatic heterocycles. The standard InChI is InChI=1S/C34H66GeSi8/c1-36(2,3)42(37(4,5)6,38(7,8)9)29-33(31-25-21-19-22-26-31)35-34(32-27-23-20-24-28-32)30-43(39(10,11)12,40(13,14)15)41(16,17)18/h19-30H,1-18H3/b33-29-,34-30+. The van der Waals surface area contributed by atoms with E-state index in [2.05, 4.69) is 190 Å². The van der Waals surface area contributed by atoms with Crippen molar-refractivity contribution in [1.82, 2.24) is 0 Å². The summed E-state index contributed by atoms with van der Waals surface area (Å²) in [7, 11) is -8.73. The maximum atomic E-state index is 3.14. The van der Waals surface area contributed by atoms with E-state index in [4.69, 9.17) is 0 Å². The van der Waals surface area contributed by atoms with Gasteiger partial charge in [-0.15, -0.1) is 0 Å². The second kappa shape index (κ2) is 13.4. The first-order valence-electron chi connectivity index (χ1n) is 16.5. The van der Waals surface area contributed by atoms with Crippen molar-refractivity contribution >= 4 is 83.0 Å². The van der Waals surface area contributed by atoms with Gasteiger partial charge in [-0.25, -0.2) is 0 Å². The van der Waals surface area contributed by atoms with E-state index in [9.17, 15) is 0 Å². The van der Waals surface area contributed by atoms with Crippen molar-refractivity contribution in [2.24, 2.45) is 0 Å². The SMILES string of the molecule is C[Si](C)(C)[Si](/C=[C](\[Ge]/[C](=C/[Si]([Si](C)(C)C)([Si](C)(C)C)[Si](C)(C)C)c1ccccc1)c1ccccc1)([Si](C)(C)C)[Si](C)(C)C. The van der Waals surface area contributed by atoms with Crippen LogP contribution in [0.4, 0.5) is 0 Å². The van der Waals surface area contributed by atoms with Gasteiger partial charge in [-0.2, -0.15) is 0 Å². The van der Waals surface area contributed by atoms with E-state index < -0.39 is 74.2 Å². The third-order valence-corrected chi connectivity index (χ3v) is 156. The molecule has 0 N–H and O–H groups in total. The van der Waals surface area contributed by atoms with Crippen LogP contribution in [0.25, 0.3) is 8.81 Å². The summed E-state index contributed by atoms with van der Waals surface area (Å²) in [6.07, 6.45) is 0. The van der Waals surface area contributed by atoms with Crippen LogP contribution in [0, 0.1) is 0 Å². The van der Waals surface area contributed by atoms with Crippen LogP contribution in [0.1, 0.15) is 11.1 Å². The number of hydrogen-bond donors (Lipinski definition) is 0. The van der Waals surface area contributed by atoms with E-state index >= 15 is 0 Å². The Kier molecular flexibility index (Phi) is 12.2. The maximum absolute atomic E-state index is 3.14. The van der Waals surface area contributed by atoms with Crippen LogP contribution in [-0.4, -0.2) is 74.2 Å². The number of benzene rings is 2. The number of hydrogen-bond acceptors (Lipinski definition) is 0. The molecule has 0 spiro atoms. The predicted octanol–water partition coefficient (Wildman–Crippen LogP) is 11.2. The molecule has 238 valence electrons. The molecule has 9 heteroatoms. The van der Waals surface area contributed by atoms with E-state index in [1.165, 1.54) is 11.1 Å². The van der Waals surface area contributed by atoms with E-state index in [-0.39, 0.29) is 0 Å². The van der Waals surface area contributed by atoms with E-state index in [0.717, 1.165) is 0 Å². The molecular weight excluding hydrogens is 706 g/mol. The molecule has 2 rings (SSSR count). The Bertz CT molecular complexity index is 1100. The molecule has 0 aliphatic carbocycles. The van der Waals surface area contributed by atoms with Gasteiger partial charge in [0.1, 0.15) is 0 Å². The van der Waals surface area contributed by atoms with Crippen molar-refractivity contribution in [1.29, 1.82) is 0 Å². The topological polar surface area (TPSA) is 0 Å². The molecule has 0 nitrogen and oxygen atoms in total. The van der Waals surface area contributed by atoms with Gasteiger partial charge in [-0.3, -0.25) is 0 Å². The Morgan fingerprint density at radius 1 is 0.372 bits per heavy atom. The molecule has 2 aromatic rings. The van der Waals surface area contributed by atoms with Crippen LogP contribution >= 0.6 is 0 Å². The van der Waals surface area contributed by atoms with Crippen molar-refractivity contribution in [2.45, 2.75) is 118 Å².